The minimum absolute atomic E-state index is 0.0528. The molecule has 21 heavy (non-hydrogen) atoms. The summed E-state index contributed by atoms with van der Waals surface area (Å²) >= 11 is 0. The summed E-state index contributed by atoms with van der Waals surface area (Å²) in [6.45, 7) is 3.59. The zero-order chi connectivity index (χ0) is 14.7. The second-order valence-corrected chi connectivity index (χ2v) is 5.22. The molecule has 5 nitrogen and oxygen atoms in total. The van der Waals surface area contributed by atoms with Crippen molar-refractivity contribution in [3.05, 3.63) is 53.4 Å². The van der Waals surface area contributed by atoms with Crippen LogP contribution >= 0.6 is 0 Å². The Kier molecular flexibility index (Phi) is 4.01. The first-order valence-electron chi connectivity index (χ1n) is 7.09. The average molecular weight is 286 g/mol. The summed E-state index contributed by atoms with van der Waals surface area (Å²) in [5, 5.41) is 3.87. The molecule has 0 aliphatic carbocycles. The number of aromatic nitrogens is 1. The molecule has 0 radical (unpaired) electrons. The Morgan fingerprint density at radius 3 is 2.90 bits per heavy atom. The maximum absolute atomic E-state index is 12.3. The molecule has 3 rings (SSSR count). The molecule has 1 fully saturated rings. The summed E-state index contributed by atoms with van der Waals surface area (Å²) in [6.07, 6.45) is 0.224. The quantitative estimate of drug-likeness (QED) is 0.867. The van der Waals surface area contributed by atoms with Crippen molar-refractivity contribution in [2.75, 3.05) is 19.7 Å². The number of hydrogen-bond donors (Lipinski definition) is 0. The van der Waals surface area contributed by atoms with E-state index >= 15 is 0 Å². The van der Waals surface area contributed by atoms with Crippen LogP contribution in [0.2, 0.25) is 0 Å². The molecule has 1 atom stereocenters. The Balaban J connectivity index is 1.64. The van der Waals surface area contributed by atoms with Gasteiger partial charge in [0.2, 0.25) is 5.91 Å². The molecule has 1 amide bonds. The number of ether oxygens (including phenoxy) is 1. The normalized spacial score (nSPS) is 18.7. The lowest BCUT2D eigenvalue weighted by atomic mass is 10.1. The number of benzene rings is 1. The standard InChI is InChI=1S/C16H18N2O3/c1-12-9-14(17-21-12)10-16(19)18-7-8-20-15(11-18)13-5-3-2-4-6-13/h2-6,9,15H,7-8,10-11H2,1H3. The fraction of sp³-hybridized carbons (Fsp3) is 0.375. The molecule has 0 N–H and O–H groups in total. The van der Waals surface area contributed by atoms with Crippen LogP contribution in [-0.4, -0.2) is 35.7 Å². The summed E-state index contributed by atoms with van der Waals surface area (Å²) < 4.78 is 10.8. The molecular weight excluding hydrogens is 268 g/mol. The van der Waals surface area contributed by atoms with Gasteiger partial charge in [0.15, 0.2) is 0 Å². The third kappa shape index (κ3) is 3.31. The molecule has 1 aromatic carbocycles. The van der Waals surface area contributed by atoms with E-state index in [-0.39, 0.29) is 18.4 Å². The SMILES string of the molecule is Cc1cc(CC(=O)N2CCOC(c3ccccc3)C2)no1. The summed E-state index contributed by atoms with van der Waals surface area (Å²) in [5.41, 5.74) is 1.78. The van der Waals surface area contributed by atoms with Crippen molar-refractivity contribution >= 4 is 5.91 Å². The van der Waals surface area contributed by atoms with Crippen LogP contribution in [0.3, 0.4) is 0 Å². The molecule has 1 aliphatic heterocycles. The number of rotatable bonds is 3. The van der Waals surface area contributed by atoms with Crippen LogP contribution in [0.1, 0.15) is 23.1 Å². The highest BCUT2D eigenvalue weighted by molar-refractivity contribution is 5.78. The van der Waals surface area contributed by atoms with Gasteiger partial charge in [0.05, 0.1) is 25.3 Å². The van der Waals surface area contributed by atoms with Crippen LogP contribution in [0, 0.1) is 6.92 Å². The van der Waals surface area contributed by atoms with E-state index in [1.165, 1.54) is 0 Å². The van der Waals surface area contributed by atoms with Crippen molar-refractivity contribution in [1.82, 2.24) is 10.1 Å². The predicted octanol–water partition coefficient (Wildman–Crippen LogP) is 2.13. The second-order valence-electron chi connectivity index (χ2n) is 5.22. The predicted molar refractivity (Wildman–Crippen MR) is 76.7 cm³/mol. The van der Waals surface area contributed by atoms with Gasteiger partial charge in [0.1, 0.15) is 11.9 Å². The summed E-state index contributed by atoms with van der Waals surface area (Å²) in [5.74, 6) is 0.787. The Labute approximate surface area is 123 Å². The number of nitrogens with zero attached hydrogens (tertiary/aromatic N) is 2. The highest BCUT2D eigenvalue weighted by Crippen LogP contribution is 2.22. The molecule has 5 heteroatoms. The van der Waals surface area contributed by atoms with Gasteiger partial charge in [-0.3, -0.25) is 4.79 Å². The van der Waals surface area contributed by atoms with Crippen LogP contribution < -0.4 is 0 Å². The van der Waals surface area contributed by atoms with E-state index in [9.17, 15) is 4.79 Å². The van der Waals surface area contributed by atoms with Crippen molar-refractivity contribution in [1.29, 1.82) is 0 Å². The number of hydrogen-bond acceptors (Lipinski definition) is 4. The van der Waals surface area contributed by atoms with E-state index in [4.69, 9.17) is 9.26 Å². The van der Waals surface area contributed by atoms with E-state index < -0.39 is 0 Å². The van der Waals surface area contributed by atoms with Crippen molar-refractivity contribution in [2.45, 2.75) is 19.4 Å². The maximum atomic E-state index is 12.3. The Bertz CT molecular complexity index is 609. The molecule has 110 valence electrons. The molecule has 0 saturated carbocycles. The van der Waals surface area contributed by atoms with E-state index in [0.29, 0.717) is 25.4 Å². The fourth-order valence-electron chi connectivity index (χ4n) is 2.51. The van der Waals surface area contributed by atoms with Gasteiger partial charge in [0.25, 0.3) is 0 Å². The van der Waals surface area contributed by atoms with E-state index in [0.717, 1.165) is 11.3 Å². The molecule has 2 heterocycles. The molecule has 1 saturated heterocycles. The van der Waals surface area contributed by atoms with Crippen molar-refractivity contribution < 1.29 is 14.1 Å². The third-order valence-electron chi connectivity index (χ3n) is 3.60. The first-order chi connectivity index (χ1) is 10.2. The molecule has 2 aromatic rings. The third-order valence-corrected chi connectivity index (χ3v) is 3.60. The van der Waals surface area contributed by atoms with E-state index in [1.807, 2.05) is 42.2 Å². The topological polar surface area (TPSA) is 55.6 Å². The van der Waals surface area contributed by atoms with Gasteiger partial charge in [-0.2, -0.15) is 0 Å². The minimum Gasteiger partial charge on any atom is -0.370 e. The van der Waals surface area contributed by atoms with E-state index in [1.54, 1.807) is 6.07 Å². The molecule has 0 bridgehead atoms. The van der Waals surface area contributed by atoms with Crippen LogP contribution in [0.15, 0.2) is 40.9 Å². The van der Waals surface area contributed by atoms with Crippen molar-refractivity contribution in [3.8, 4) is 0 Å². The Morgan fingerprint density at radius 1 is 1.38 bits per heavy atom. The summed E-state index contributed by atoms with van der Waals surface area (Å²) in [4.78, 5) is 14.2. The lowest BCUT2D eigenvalue weighted by Gasteiger charge is -2.33. The Morgan fingerprint density at radius 2 is 2.19 bits per heavy atom. The molecule has 1 unspecified atom stereocenters. The minimum atomic E-state index is -0.0528. The van der Waals surface area contributed by atoms with Gasteiger partial charge in [-0.1, -0.05) is 35.5 Å². The first-order valence-corrected chi connectivity index (χ1v) is 7.09. The molecule has 0 spiro atoms. The second kappa shape index (κ2) is 6.10. The monoisotopic (exact) mass is 286 g/mol. The maximum Gasteiger partial charge on any atom is 0.228 e. The van der Waals surface area contributed by atoms with Gasteiger partial charge in [0, 0.05) is 12.6 Å². The summed E-state index contributed by atoms with van der Waals surface area (Å²) in [7, 11) is 0. The average Bonchev–Trinajstić information content (AvgIpc) is 2.93. The zero-order valence-corrected chi connectivity index (χ0v) is 12.0. The largest absolute Gasteiger partial charge is 0.370 e. The highest BCUT2D eigenvalue weighted by atomic mass is 16.5. The van der Waals surface area contributed by atoms with E-state index in [2.05, 4.69) is 5.16 Å². The van der Waals surface area contributed by atoms with Gasteiger partial charge in [-0.05, 0) is 12.5 Å². The van der Waals surface area contributed by atoms with Crippen LogP contribution in [0.4, 0.5) is 0 Å². The molecular formula is C16H18N2O3. The van der Waals surface area contributed by atoms with Crippen molar-refractivity contribution in [2.24, 2.45) is 0 Å². The van der Waals surface area contributed by atoms with Gasteiger partial charge in [-0.25, -0.2) is 0 Å². The van der Waals surface area contributed by atoms with Crippen molar-refractivity contribution in [3.63, 3.8) is 0 Å². The lowest BCUT2D eigenvalue weighted by molar-refractivity contribution is -0.138. The highest BCUT2D eigenvalue weighted by Gasteiger charge is 2.25. The molecule has 1 aromatic heterocycles. The fourth-order valence-corrected chi connectivity index (χ4v) is 2.51. The smallest absolute Gasteiger partial charge is 0.228 e. The number of amides is 1. The lowest BCUT2D eigenvalue weighted by Crippen LogP contribution is -2.43. The van der Waals surface area contributed by atoms with Crippen LogP contribution in [0.25, 0.3) is 0 Å². The molecule has 1 aliphatic rings. The number of carbonyl (C=O) groups excluding carboxylic acids is 1. The first kappa shape index (κ1) is 13.8. The van der Waals surface area contributed by atoms with Gasteiger partial charge < -0.3 is 14.2 Å². The van der Waals surface area contributed by atoms with Crippen LogP contribution in [-0.2, 0) is 16.0 Å². The Hall–Kier alpha value is -2.14. The summed E-state index contributed by atoms with van der Waals surface area (Å²) in [6, 6.07) is 11.8. The number of aryl methyl sites for hydroxylation is 1. The van der Waals surface area contributed by atoms with Gasteiger partial charge in [-0.15, -0.1) is 0 Å². The van der Waals surface area contributed by atoms with Crippen LogP contribution in [0.5, 0.6) is 0 Å². The zero-order valence-electron chi connectivity index (χ0n) is 12.0. The number of morpholine rings is 1. The van der Waals surface area contributed by atoms with Gasteiger partial charge >= 0.3 is 0 Å². The number of carbonyl (C=O) groups is 1.